The summed E-state index contributed by atoms with van der Waals surface area (Å²) in [6, 6.07) is 2.05. The Kier molecular flexibility index (Phi) is 6.57. The number of rotatable bonds is 6. The van der Waals surface area contributed by atoms with Gasteiger partial charge in [-0.15, -0.1) is 34.0 Å². The van der Waals surface area contributed by atoms with Gasteiger partial charge in [-0.05, 0) is 53.8 Å². The molecule has 0 aromatic carbocycles. The first-order valence-electron chi connectivity index (χ1n) is 9.20. The molecule has 1 amide bonds. The van der Waals surface area contributed by atoms with Crippen LogP contribution in [0.15, 0.2) is 26.7 Å². The van der Waals surface area contributed by atoms with Crippen LogP contribution in [0.4, 0.5) is 5.13 Å². The number of aromatic nitrogens is 2. The average molecular weight is 498 g/mol. The highest BCUT2D eigenvalue weighted by Crippen LogP contribution is 2.32. The smallest absolute Gasteiger partial charge is 0.232 e. The molecular weight excluding hydrogens is 476 g/mol. The van der Waals surface area contributed by atoms with E-state index in [4.69, 9.17) is 0 Å². The standard InChI is InChI=1S/C19H21BrN4OS3/c1-12-2-4-24(5-3-12)8-15-11-28-19(22-15)23-17(25)7-14-10-27-18(21-14)16-6-13(20)9-26-16/h6,9-12H,2-5,7-8H2,1H3,(H,22,23,25). The summed E-state index contributed by atoms with van der Waals surface area (Å²) >= 11 is 8.17. The lowest BCUT2D eigenvalue weighted by atomic mass is 9.99. The number of hydrogen-bond donors (Lipinski definition) is 1. The maximum absolute atomic E-state index is 12.4. The van der Waals surface area contributed by atoms with E-state index in [9.17, 15) is 4.79 Å². The van der Waals surface area contributed by atoms with E-state index in [-0.39, 0.29) is 12.3 Å². The fourth-order valence-electron chi connectivity index (χ4n) is 3.14. The number of carbonyl (C=O) groups excluding carboxylic acids is 1. The molecule has 9 heteroatoms. The van der Waals surface area contributed by atoms with Gasteiger partial charge >= 0.3 is 0 Å². The Labute approximate surface area is 185 Å². The molecule has 3 aromatic heterocycles. The summed E-state index contributed by atoms with van der Waals surface area (Å²) in [4.78, 5) is 25.1. The van der Waals surface area contributed by atoms with Crippen molar-refractivity contribution in [3.8, 4) is 9.88 Å². The van der Waals surface area contributed by atoms with Crippen LogP contribution in [0.5, 0.6) is 0 Å². The third-order valence-electron chi connectivity index (χ3n) is 4.73. The summed E-state index contributed by atoms with van der Waals surface area (Å²) in [5.41, 5.74) is 1.83. The number of thiophene rings is 1. The largest absolute Gasteiger partial charge is 0.302 e. The number of nitrogens with zero attached hydrogens (tertiary/aromatic N) is 3. The molecule has 0 saturated carbocycles. The van der Waals surface area contributed by atoms with Crippen molar-refractivity contribution in [2.45, 2.75) is 32.7 Å². The number of anilines is 1. The molecule has 1 saturated heterocycles. The van der Waals surface area contributed by atoms with Gasteiger partial charge in [0.1, 0.15) is 5.01 Å². The zero-order valence-corrected chi connectivity index (χ0v) is 19.5. The van der Waals surface area contributed by atoms with Gasteiger partial charge in [-0.2, -0.15) is 0 Å². The number of nitrogens with one attached hydrogen (secondary N) is 1. The molecule has 4 heterocycles. The first-order valence-corrected chi connectivity index (χ1v) is 12.6. The van der Waals surface area contributed by atoms with Gasteiger partial charge in [0, 0.05) is 27.2 Å². The van der Waals surface area contributed by atoms with Crippen LogP contribution in [0, 0.1) is 5.92 Å². The van der Waals surface area contributed by atoms with Crippen LogP contribution in [0.1, 0.15) is 31.2 Å². The Morgan fingerprint density at radius 3 is 2.71 bits per heavy atom. The summed E-state index contributed by atoms with van der Waals surface area (Å²) in [6.07, 6.45) is 2.78. The van der Waals surface area contributed by atoms with Gasteiger partial charge < -0.3 is 5.32 Å². The van der Waals surface area contributed by atoms with E-state index in [1.54, 1.807) is 22.7 Å². The van der Waals surface area contributed by atoms with Crippen LogP contribution in [0.2, 0.25) is 0 Å². The first-order chi connectivity index (χ1) is 13.5. The molecule has 0 radical (unpaired) electrons. The summed E-state index contributed by atoms with van der Waals surface area (Å²) in [6.45, 7) is 5.45. The molecule has 1 fully saturated rings. The quantitative estimate of drug-likeness (QED) is 0.489. The highest BCUT2D eigenvalue weighted by atomic mass is 79.9. The van der Waals surface area contributed by atoms with Gasteiger partial charge in [0.15, 0.2) is 5.13 Å². The van der Waals surface area contributed by atoms with E-state index in [1.807, 2.05) is 22.2 Å². The summed E-state index contributed by atoms with van der Waals surface area (Å²) in [5, 5.41) is 10.6. The highest BCUT2D eigenvalue weighted by molar-refractivity contribution is 9.10. The molecule has 148 valence electrons. The Morgan fingerprint density at radius 2 is 1.96 bits per heavy atom. The summed E-state index contributed by atoms with van der Waals surface area (Å²) in [7, 11) is 0. The van der Waals surface area contributed by atoms with Crippen LogP contribution in [-0.2, 0) is 17.8 Å². The Morgan fingerprint density at radius 1 is 1.18 bits per heavy atom. The lowest BCUT2D eigenvalue weighted by Gasteiger charge is -2.29. The van der Waals surface area contributed by atoms with Crippen molar-refractivity contribution in [3.63, 3.8) is 0 Å². The number of carbonyl (C=O) groups is 1. The predicted molar refractivity (Wildman–Crippen MR) is 121 cm³/mol. The minimum Gasteiger partial charge on any atom is -0.302 e. The molecule has 1 aliphatic heterocycles. The zero-order chi connectivity index (χ0) is 19.5. The Balaban J connectivity index is 1.29. The number of amides is 1. The van der Waals surface area contributed by atoms with E-state index < -0.39 is 0 Å². The molecule has 1 aliphatic rings. The molecule has 4 rings (SSSR count). The lowest BCUT2D eigenvalue weighted by Crippen LogP contribution is -2.32. The predicted octanol–water partition coefficient (Wildman–Crippen LogP) is 5.50. The molecule has 3 aromatic rings. The maximum Gasteiger partial charge on any atom is 0.232 e. The van der Waals surface area contributed by atoms with E-state index in [0.29, 0.717) is 5.13 Å². The zero-order valence-electron chi connectivity index (χ0n) is 15.5. The Hall–Kier alpha value is -1.13. The monoisotopic (exact) mass is 496 g/mol. The van der Waals surface area contributed by atoms with Crippen molar-refractivity contribution < 1.29 is 4.79 Å². The fourth-order valence-corrected chi connectivity index (χ4v) is 6.19. The lowest BCUT2D eigenvalue weighted by molar-refractivity contribution is -0.115. The number of piperidine rings is 1. The maximum atomic E-state index is 12.4. The first kappa shape index (κ1) is 20.2. The van der Waals surface area contributed by atoms with Crippen LogP contribution in [0.3, 0.4) is 0 Å². The van der Waals surface area contributed by atoms with E-state index in [1.165, 1.54) is 24.2 Å². The minimum atomic E-state index is -0.0723. The van der Waals surface area contributed by atoms with Gasteiger partial charge in [0.25, 0.3) is 0 Å². The van der Waals surface area contributed by atoms with Crippen molar-refractivity contribution in [2.24, 2.45) is 5.92 Å². The van der Waals surface area contributed by atoms with Crippen molar-refractivity contribution in [2.75, 3.05) is 18.4 Å². The van der Waals surface area contributed by atoms with Crippen LogP contribution >= 0.6 is 49.9 Å². The SMILES string of the molecule is CC1CCN(Cc2csc(NC(=O)Cc3csc(-c4cc(Br)cs4)n3)n2)CC1. The minimum absolute atomic E-state index is 0.0723. The van der Waals surface area contributed by atoms with Crippen molar-refractivity contribution in [1.29, 1.82) is 0 Å². The third-order valence-corrected chi connectivity index (χ3v) is 8.29. The van der Waals surface area contributed by atoms with Crippen LogP contribution < -0.4 is 5.32 Å². The van der Waals surface area contributed by atoms with Crippen molar-refractivity contribution in [1.82, 2.24) is 14.9 Å². The number of hydrogen-bond acceptors (Lipinski definition) is 7. The van der Waals surface area contributed by atoms with Gasteiger partial charge in [-0.1, -0.05) is 6.92 Å². The van der Waals surface area contributed by atoms with Crippen LogP contribution in [0.25, 0.3) is 9.88 Å². The summed E-state index contributed by atoms with van der Waals surface area (Å²) < 4.78 is 1.06. The van der Waals surface area contributed by atoms with Gasteiger partial charge in [0.05, 0.1) is 22.7 Å². The third kappa shape index (κ3) is 5.27. The van der Waals surface area contributed by atoms with Gasteiger partial charge in [0.2, 0.25) is 5.91 Å². The second kappa shape index (κ2) is 9.13. The molecule has 0 bridgehead atoms. The molecule has 0 spiro atoms. The number of halogens is 1. The van der Waals surface area contributed by atoms with E-state index >= 15 is 0 Å². The molecule has 1 N–H and O–H groups in total. The van der Waals surface area contributed by atoms with E-state index in [0.717, 1.165) is 51.3 Å². The molecule has 28 heavy (non-hydrogen) atoms. The Bertz CT molecular complexity index is 943. The van der Waals surface area contributed by atoms with Crippen molar-refractivity contribution >= 4 is 61.0 Å². The van der Waals surface area contributed by atoms with Gasteiger partial charge in [-0.3, -0.25) is 9.69 Å². The average Bonchev–Trinajstić information content (AvgIpc) is 3.39. The van der Waals surface area contributed by atoms with Gasteiger partial charge in [-0.25, -0.2) is 9.97 Å². The number of likely N-dealkylation sites (tertiary alicyclic amines) is 1. The normalized spacial score (nSPS) is 15.8. The fraction of sp³-hybridized carbons (Fsp3) is 0.421. The molecule has 0 aliphatic carbocycles. The van der Waals surface area contributed by atoms with E-state index in [2.05, 4.69) is 43.0 Å². The summed E-state index contributed by atoms with van der Waals surface area (Å²) in [5.74, 6) is 0.756. The molecule has 5 nitrogen and oxygen atoms in total. The highest BCUT2D eigenvalue weighted by Gasteiger charge is 2.17. The van der Waals surface area contributed by atoms with Crippen molar-refractivity contribution in [3.05, 3.63) is 38.1 Å². The molecular formula is C19H21BrN4OS3. The molecule has 0 unspecified atom stereocenters. The topological polar surface area (TPSA) is 58.1 Å². The second-order valence-electron chi connectivity index (χ2n) is 7.10. The van der Waals surface area contributed by atoms with Crippen LogP contribution in [-0.4, -0.2) is 33.9 Å². The number of thiazole rings is 2. The second-order valence-corrected chi connectivity index (χ2v) is 10.6. The molecule has 0 atom stereocenters.